The van der Waals surface area contributed by atoms with Crippen molar-refractivity contribution in [3.05, 3.63) is 35.9 Å². The molecule has 1 aromatic rings. The van der Waals surface area contributed by atoms with Crippen molar-refractivity contribution in [1.82, 2.24) is 20.2 Å². The molecule has 0 unspecified atom stereocenters. The van der Waals surface area contributed by atoms with Gasteiger partial charge in [0.05, 0.1) is 0 Å². The number of benzene rings is 1. The van der Waals surface area contributed by atoms with Crippen LogP contribution in [0.4, 0.5) is 4.79 Å². The first kappa shape index (κ1) is 23.2. The van der Waals surface area contributed by atoms with E-state index in [4.69, 9.17) is 4.74 Å². The normalized spacial score (nSPS) is 22.1. The van der Waals surface area contributed by atoms with Crippen LogP contribution in [0.3, 0.4) is 0 Å². The van der Waals surface area contributed by atoms with Gasteiger partial charge >= 0.3 is 12.1 Å². The third-order valence-electron chi connectivity index (χ3n) is 7.29. The Morgan fingerprint density at radius 2 is 1.50 bits per heavy atom. The average Bonchev–Trinajstić information content (AvgIpc) is 2.85. The highest BCUT2D eigenvalue weighted by Crippen LogP contribution is 2.23. The van der Waals surface area contributed by atoms with E-state index in [0.29, 0.717) is 25.4 Å². The van der Waals surface area contributed by atoms with Crippen LogP contribution in [0.15, 0.2) is 30.3 Å². The number of amides is 1. The molecule has 0 bridgehead atoms. The summed E-state index contributed by atoms with van der Waals surface area (Å²) >= 11 is 0. The first-order chi connectivity index (χ1) is 15.7. The van der Waals surface area contributed by atoms with E-state index in [-0.39, 0.29) is 5.97 Å². The van der Waals surface area contributed by atoms with Gasteiger partial charge in [-0.1, -0.05) is 30.3 Å². The minimum Gasteiger partial charge on any atom is -0.376 e. The molecule has 3 saturated heterocycles. The van der Waals surface area contributed by atoms with Crippen LogP contribution in [0.2, 0.25) is 0 Å². The molecule has 1 amide bonds. The second-order valence-corrected chi connectivity index (χ2v) is 9.50. The topological polar surface area (TPSA) is 65.1 Å². The minimum atomic E-state index is -0.471. The van der Waals surface area contributed by atoms with Crippen molar-refractivity contribution >= 4 is 12.1 Å². The number of hydrazine groups is 1. The number of rotatable bonds is 6. The maximum Gasteiger partial charge on any atom is 0.417 e. The molecule has 0 aliphatic carbocycles. The summed E-state index contributed by atoms with van der Waals surface area (Å²) in [4.78, 5) is 26.2. The summed E-state index contributed by atoms with van der Waals surface area (Å²) in [5.74, 6) is 0.941. The molecule has 0 radical (unpaired) electrons. The fourth-order valence-electron chi connectivity index (χ4n) is 5.22. The lowest BCUT2D eigenvalue weighted by Gasteiger charge is -2.43. The van der Waals surface area contributed by atoms with E-state index in [1.165, 1.54) is 24.8 Å². The van der Waals surface area contributed by atoms with Crippen LogP contribution in [0.25, 0.3) is 0 Å². The van der Waals surface area contributed by atoms with E-state index in [1.54, 1.807) is 4.90 Å². The number of piperazine rings is 1. The summed E-state index contributed by atoms with van der Waals surface area (Å²) < 4.78 is 5.13. The van der Waals surface area contributed by atoms with Crippen molar-refractivity contribution < 1.29 is 14.3 Å². The molecule has 0 atom stereocenters. The quantitative estimate of drug-likeness (QED) is 0.540. The molecular formula is C25H38N4O3. The first-order valence-electron chi connectivity index (χ1n) is 12.4. The van der Waals surface area contributed by atoms with E-state index >= 15 is 0 Å². The highest BCUT2D eigenvalue weighted by Gasteiger charge is 2.29. The predicted octanol–water partition coefficient (Wildman–Crippen LogP) is 2.92. The molecule has 32 heavy (non-hydrogen) atoms. The fourth-order valence-corrected chi connectivity index (χ4v) is 5.22. The van der Waals surface area contributed by atoms with Crippen LogP contribution in [0, 0.1) is 11.8 Å². The zero-order valence-electron chi connectivity index (χ0n) is 19.2. The Kier molecular flexibility index (Phi) is 8.54. The van der Waals surface area contributed by atoms with Gasteiger partial charge in [-0.3, -0.25) is 4.79 Å². The number of esters is 1. The standard InChI is InChI=1S/C25H38N4O3/c30-24(7-6-21-8-12-26-13-9-21)32-25(31)27-16-18-29(19-17-27)28-14-10-23(11-15-28)20-22-4-2-1-3-5-22/h1-5,21,23,26H,6-20H2. The van der Waals surface area contributed by atoms with Crippen molar-refractivity contribution in [3.63, 3.8) is 0 Å². The number of hydrogen-bond donors (Lipinski definition) is 1. The fraction of sp³-hybridized carbons (Fsp3) is 0.680. The molecule has 176 valence electrons. The molecule has 0 spiro atoms. The zero-order valence-corrected chi connectivity index (χ0v) is 19.2. The molecule has 0 saturated carbocycles. The summed E-state index contributed by atoms with van der Waals surface area (Å²) in [7, 11) is 0. The van der Waals surface area contributed by atoms with E-state index in [2.05, 4.69) is 45.7 Å². The largest absolute Gasteiger partial charge is 0.417 e. The minimum absolute atomic E-state index is 0.342. The Bertz CT molecular complexity index is 722. The molecule has 3 fully saturated rings. The lowest BCUT2D eigenvalue weighted by atomic mass is 9.91. The molecule has 3 heterocycles. The summed E-state index contributed by atoms with van der Waals surface area (Å²) in [5, 5.41) is 8.16. The Hall–Kier alpha value is -1.96. The van der Waals surface area contributed by atoms with Gasteiger partial charge in [0.25, 0.3) is 0 Å². The number of carbonyl (C=O) groups excluding carboxylic acids is 2. The SMILES string of the molecule is O=C(CCC1CCNCC1)OC(=O)N1CCN(N2CCC(Cc3ccccc3)CC2)CC1. The zero-order chi connectivity index (χ0) is 22.2. The van der Waals surface area contributed by atoms with Crippen LogP contribution < -0.4 is 5.32 Å². The van der Waals surface area contributed by atoms with Crippen LogP contribution in [0.5, 0.6) is 0 Å². The van der Waals surface area contributed by atoms with Crippen LogP contribution in [-0.4, -0.2) is 79.3 Å². The van der Waals surface area contributed by atoms with Gasteiger partial charge < -0.3 is 15.0 Å². The van der Waals surface area contributed by atoms with E-state index in [0.717, 1.165) is 64.4 Å². The number of ether oxygens (including phenoxy) is 1. The molecule has 7 nitrogen and oxygen atoms in total. The van der Waals surface area contributed by atoms with Crippen LogP contribution >= 0.6 is 0 Å². The molecular weight excluding hydrogens is 404 g/mol. The Morgan fingerprint density at radius 3 is 2.19 bits per heavy atom. The van der Waals surface area contributed by atoms with Gasteiger partial charge in [0.2, 0.25) is 0 Å². The smallest absolute Gasteiger partial charge is 0.376 e. The lowest BCUT2D eigenvalue weighted by Crippen LogP contribution is -2.56. The number of hydrogen-bond acceptors (Lipinski definition) is 6. The molecule has 1 N–H and O–H groups in total. The van der Waals surface area contributed by atoms with E-state index in [9.17, 15) is 9.59 Å². The van der Waals surface area contributed by atoms with Gasteiger partial charge in [0.15, 0.2) is 0 Å². The number of nitrogens with zero attached hydrogens (tertiary/aromatic N) is 3. The van der Waals surface area contributed by atoms with Crippen molar-refractivity contribution in [2.45, 2.75) is 44.9 Å². The molecule has 3 aliphatic heterocycles. The molecule has 4 rings (SSSR count). The van der Waals surface area contributed by atoms with Gasteiger partial charge in [0.1, 0.15) is 0 Å². The average molecular weight is 443 g/mol. The summed E-state index contributed by atoms with van der Waals surface area (Å²) in [6, 6.07) is 10.8. The number of carbonyl (C=O) groups is 2. The van der Waals surface area contributed by atoms with E-state index in [1.807, 2.05) is 0 Å². The summed E-state index contributed by atoms with van der Waals surface area (Å²) in [5.41, 5.74) is 1.43. The maximum absolute atomic E-state index is 12.4. The Balaban J connectivity index is 1.12. The predicted molar refractivity (Wildman–Crippen MR) is 124 cm³/mol. The number of nitrogens with one attached hydrogen (secondary N) is 1. The first-order valence-corrected chi connectivity index (χ1v) is 12.4. The van der Waals surface area contributed by atoms with E-state index < -0.39 is 6.09 Å². The van der Waals surface area contributed by atoms with Gasteiger partial charge in [-0.25, -0.2) is 14.8 Å². The molecule has 3 aliphatic rings. The van der Waals surface area contributed by atoms with Crippen molar-refractivity contribution in [1.29, 1.82) is 0 Å². The van der Waals surface area contributed by atoms with Crippen molar-refractivity contribution in [2.75, 3.05) is 52.4 Å². The number of piperidine rings is 2. The van der Waals surface area contributed by atoms with Gasteiger partial charge in [-0.2, -0.15) is 0 Å². The highest BCUT2D eigenvalue weighted by molar-refractivity contribution is 5.84. The second-order valence-electron chi connectivity index (χ2n) is 9.50. The van der Waals surface area contributed by atoms with Crippen molar-refractivity contribution in [2.24, 2.45) is 11.8 Å². The Morgan fingerprint density at radius 1 is 0.844 bits per heavy atom. The Labute approximate surface area is 192 Å². The van der Waals surface area contributed by atoms with Gasteiger partial charge in [-0.05, 0) is 69.0 Å². The van der Waals surface area contributed by atoms with Gasteiger partial charge in [0, 0.05) is 45.7 Å². The van der Waals surface area contributed by atoms with Crippen LogP contribution in [0.1, 0.15) is 44.1 Å². The van der Waals surface area contributed by atoms with Gasteiger partial charge in [-0.15, -0.1) is 0 Å². The third-order valence-corrected chi connectivity index (χ3v) is 7.29. The summed E-state index contributed by atoms with van der Waals surface area (Å²) in [6.07, 6.45) is 6.49. The molecule has 0 aromatic heterocycles. The molecule has 1 aromatic carbocycles. The lowest BCUT2D eigenvalue weighted by molar-refractivity contribution is -0.139. The third kappa shape index (κ3) is 6.77. The summed E-state index contributed by atoms with van der Waals surface area (Å²) in [6.45, 7) is 7.05. The van der Waals surface area contributed by atoms with Crippen LogP contribution in [-0.2, 0) is 16.0 Å². The maximum atomic E-state index is 12.4. The van der Waals surface area contributed by atoms with Crippen molar-refractivity contribution in [3.8, 4) is 0 Å². The highest BCUT2D eigenvalue weighted by atomic mass is 16.6. The second kappa shape index (κ2) is 11.8. The monoisotopic (exact) mass is 442 g/mol. The molecule has 7 heteroatoms.